The standard InChI is InChI=1S/C20H18ClN3O4/c1-12(2)10-26-20-22-18(14-5-3-4-6-15(14)21)24(23-20)19(25)13-7-8-16-17(9-13)28-11-27-16/h3-9,12H,10-11H2,1-2H3. The van der Waals surface area contributed by atoms with Gasteiger partial charge in [-0.2, -0.15) is 9.67 Å². The van der Waals surface area contributed by atoms with E-state index < -0.39 is 0 Å². The summed E-state index contributed by atoms with van der Waals surface area (Å²) in [5.74, 6) is 1.34. The van der Waals surface area contributed by atoms with Gasteiger partial charge in [-0.3, -0.25) is 4.79 Å². The molecule has 0 spiro atoms. The molecule has 4 rings (SSSR count). The van der Waals surface area contributed by atoms with E-state index in [2.05, 4.69) is 10.1 Å². The predicted octanol–water partition coefficient (Wildman–Crippen LogP) is 4.05. The van der Waals surface area contributed by atoms with Crippen LogP contribution in [-0.2, 0) is 0 Å². The number of carbonyl (C=O) groups excluding carboxylic acids is 1. The molecule has 0 radical (unpaired) electrons. The van der Waals surface area contributed by atoms with Gasteiger partial charge in [0.2, 0.25) is 6.79 Å². The van der Waals surface area contributed by atoms with Crippen molar-refractivity contribution in [1.82, 2.24) is 14.8 Å². The Morgan fingerprint density at radius 2 is 2.00 bits per heavy atom. The molecule has 28 heavy (non-hydrogen) atoms. The maximum Gasteiger partial charge on any atom is 0.336 e. The van der Waals surface area contributed by atoms with Crippen molar-refractivity contribution < 1.29 is 19.0 Å². The molecule has 0 bridgehead atoms. The molecule has 0 saturated heterocycles. The highest BCUT2D eigenvalue weighted by Crippen LogP contribution is 2.33. The maximum atomic E-state index is 13.2. The summed E-state index contributed by atoms with van der Waals surface area (Å²) in [6, 6.07) is 12.2. The normalized spacial score (nSPS) is 12.4. The van der Waals surface area contributed by atoms with Crippen LogP contribution < -0.4 is 14.2 Å². The van der Waals surface area contributed by atoms with Gasteiger partial charge >= 0.3 is 6.01 Å². The van der Waals surface area contributed by atoms with Crippen molar-refractivity contribution in [2.75, 3.05) is 13.4 Å². The van der Waals surface area contributed by atoms with Crippen LogP contribution in [0.3, 0.4) is 0 Å². The van der Waals surface area contributed by atoms with Gasteiger partial charge in [-0.15, -0.1) is 5.10 Å². The largest absolute Gasteiger partial charge is 0.462 e. The van der Waals surface area contributed by atoms with E-state index in [1.807, 2.05) is 26.0 Å². The Bertz CT molecular complexity index is 1030. The summed E-state index contributed by atoms with van der Waals surface area (Å²) in [5.41, 5.74) is 0.975. The second-order valence-electron chi connectivity index (χ2n) is 6.69. The fourth-order valence-electron chi connectivity index (χ4n) is 2.71. The molecule has 0 saturated carbocycles. The molecule has 0 fully saturated rings. The van der Waals surface area contributed by atoms with Crippen LogP contribution in [0.5, 0.6) is 17.5 Å². The van der Waals surface area contributed by atoms with Crippen LogP contribution in [0, 0.1) is 5.92 Å². The minimum Gasteiger partial charge on any atom is -0.462 e. The first-order valence-corrected chi connectivity index (χ1v) is 9.20. The van der Waals surface area contributed by atoms with E-state index >= 15 is 0 Å². The Morgan fingerprint density at radius 1 is 1.21 bits per heavy atom. The van der Waals surface area contributed by atoms with Crippen molar-refractivity contribution in [3.05, 3.63) is 53.1 Å². The highest BCUT2D eigenvalue weighted by atomic mass is 35.5. The van der Waals surface area contributed by atoms with Gasteiger partial charge in [0.05, 0.1) is 11.6 Å². The SMILES string of the molecule is CC(C)COc1nc(-c2ccccc2Cl)n(C(=O)c2ccc3c(c2)OCO3)n1. The molecular weight excluding hydrogens is 382 g/mol. The first-order chi connectivity index (χ1) is 13.5. The third kappa shape index (κ3) is 3.53. The minimum absolute atomic E-state index is 0.123. The number of hydrogen-bond donors (Lipinski definition) is 0. The van der Waals surface area contributed by atoms with Crippen molar-refractivity contribution in [3.63, 3.8) is 0 Å². The molecule has 7 nitrogen and oxygen atoms in total. The minimum atomic E-state index is -0.375. The van der Waals surface area contributed by atoms with Gasteiger partial charge in [-0.05, 0) is 36.2 Å². The second kappa shape index (κ2) is 7.52. The Kier molecular flexibility index (Phi) is 4.92. The van der Waals surface area contributed by atoms with E-state index in [1.54, 1.807) is 30.3 Å². The summed E-state index contributed by atoms with van der Waals surface area (Å²) in [6.07, 6.45) is 0. The first kappa shape index (κ1) is 18.3. The molecule has 0 atom stereocenters. The van der Waals surface area contributed by atoms with Crippen LogP contribution in [0.2, 0.25) is 5.02 Å². The zero-order chi connectivity index (χ0) is 19.7. The number of hydrogen-bond acceptors (Lipinski definition) is 6. The molecule has 8 heteroatoms. The zero-order valence-electron chi connectivity index (χ0n) is 15.4. The second-order valence-corrected chi connectivity index (χ2v) is 7.09. The van der Waals surface area contributed by atoms with E-state index in [0.717, 1.165) is 0 Å². The summed E-state index contributed by atoms with van der Waals surface area (Å²) in [6.45, 7) is 4.60. The molecular formula is C20H18ClN3O4. The molecule has 0 amide bonds. The van der Waals surface area contributed by atoms with Crippen LogP contribution in [0.1, 0.15) is 24.2 Å². The van der Waals surface area contributed by atoms with Crippen LogP contribution in [0.4, 0.5) is 0 Å². The number of nitrogens with zero attached hydrogens (tertiary/aromatic N) is 3. The number of halogens is 1. The fraction of sp³-hybridized carbons (Fsp3) is 0.250. The number of carbonyl (C=O) groups is 1. The van der Waals surface area contributed by atoms with E-state index in [0.29, 0.717) is 46.0 Å². The first-order valence-electron chi connectivity index (χ1n) is 8.82. The van der Waals surface area contributed by atoms with Crippen LogP contribution in [0.25, 0.3) is 11.4 Å². The molecule has 1 aromatic heterocycles. The lowest BCUT2D eigenvalue weighted by Gasteiger charge is -2.06. The Labute approximate surface area is 166 Å². The van der Waals surface area contributed by atoms with Gasteiger partial charge in [0.25, 0.3) is 5.91 Å². The van der Waals surface area contributed by atoms with Gasteiger partial charge in [-0.1, -0.05) is 37.6 Å². The molecule has 1 aliphatic heterocycles. The maximum absolute atomic E-state index is 13.2. The van der Waals surface area contributed by atoms with Crippen molar-refractivity contribution in [2.45, 2.75) is 13.8 Å². The summed E-state index contributed by atoms with van der Waals surface area (Å²) in [4.78, 5) is 17.6. The highest BCUT2D eigenvalue weighted by Gasteiger charge is 2.23. The lowest BCUT2D eigenvalue weighted by molar-refractivity contribution is 0.0944. The lowest BCUT2D eigenvalue weighted by atomic mass is 10.1. The van der Waals surface area contributed by atoms with Crippen LogP contribution in [0.15, 0.2) is 42.5 Å². The van der Waals surface area contributed by atoms with Crippen molar-refractivity contribution in [1.29, 1.82) is 0 Å². The van der Waals surface area contributed by atoms with Gasteiger partial charge in [0.1, 0.15) is 0 Å². The summed E-state index contributed by atoms with van der Waals surface area (Å²) < 4.78 is 17.5. The number of aromatic nitrogens is 3. The van der Waals surface area contributed by atoms with E-state index in [4.69, 9.17) is 25.8 Å². The van der Waals surface area contributed by atoms with Gasteiger partial charge < -0.3 is 14.2 Å². The smallest absolute Gasteiger partial charge is 0.336 e. The lowest BCUT2D eigenvalue weighted by Crippen LogP contribution is -2.15. The molecule has 0 aliphatic carbocycles. The molecule has 144 valence electrons. The topological polar surface area (TPSA) is 75.5 Å². The third-order valence-electron chi connectivity index (χ3n) is 4.06. The average molecular weight is 400 g/mol. The van der Waals surface area contributed by atoms with Crippen molar-refractivity contribution >= 4 is 17.5 Å². The Hall–Kier alpha value is -3.06. The van der Waals surface area contributed by atoms with Crippen molar-refractivity contribution in [2.24, 2.45) is 5.92 Å². The molecule has 2 heterocycles. The molecule has 0 unspecified atom stereocenters. The van der Waals surface area contributed by atoms with E-state index in [1.165, 1.54) is 4.68 Å². The van der Waals surface area contributed by atoms with Crippen LogP contribution in [-0.4, -0.2) is 34.1 Å². The summed E-state index contributed by atoms with van der Waals surface area (Å²) in [7, 11) is 0. The predicted molar refractivity (Wildman–Crippen MR) is 103 cm³/mol. The van der Waals surface area contributed by atoms with Gasteiger partial charge in [0, 0.05) is 11.1 Å². The Morgan fingerprint density at radius 3 is 2.79 bits per heavy atom. The van der Waals surface area contributed by atoms with Gasteiger partial charge in [-0.25, -0.2) is 0 Å². The monoisotopic (exact) mass is 399 g/mol. The van der Waals surface area contributed by atoms with E-state index in [-0.39, 0.29) is 18.7 Å². The van der Waals surface area contributed by atoms with Crippen molar-refractivity contribution in [3.8, 4) is 28.9 Å². The summed E-state index contributed by atoms with van der Waals surface area (Å²) in [5, 5.41) is 4.74. The number of ether oxygens (including phenoxy) is 3. The Balaban J connectivity index is 1.76. The van der Waals surface area contributed by atoms with Crippen LogP contribution >= 0.6 is 11.6 Å². The average Bonchev–Trinajstić information content (AvgIpc) is 3.32. The van der Waals surface area contributed by atoms with E-state index in [9.17, 15) is 4.79 Å². The molecule has 0 N–H and O–H groups in total. The third-order valence-corrected chi connectivity index (χ3v) is 4.39. The summed E-state index contributed by atoms with van der Waals surface area (Å²) >= 11 is 6.33. The zero-order valence-corrected chi connectivity index (χ0v) is 16.1. The highest BCUT2D eigenvalue weighted by molar-refractivity contribution is 6.33. The quantitative estimate of drug-likeness (QED) is 0.644. The number of benzene rings is 2. The number of fused-ring (bicyclic) bond motifs is 1. The van der Waals surface area contributed by atoms with Gasteiger partial charge in [0.15, 0.2) is 17.3 Å². The number of rotatable bonds is 5. The molecule has 1 aliphatic rings. The molecule has 3 aromatic rings. The molecule has 2 aromatic carbocycles. The fourth-order valence-corrected chi connectivity index (χ4v) is 2.93.